The molecule has 0 aromatic heterocycles. The molecule has 0 atom stereocenters. The summed E-state index contributed by atoms with van der Waals surface area (Å²) in [6, 6.07) is 29.9. The minimum Gasteiger partial charge on any atom is -0.457 e. The van der Waals surface area contributed by atoms with Crippen LogP contribution < -0.4 is 9.47 Å². The van der Waals surface area contributed by atoms with E-state index in [0.717, 1.165) is 12.1 Å². The van der Waals surface area contributed by atoms with Crippen LogP contribution in [0.25, 0.3) is 22.3 Å². The summed E-state index contributed by atoms with van der Waals surface area (Å²) in [5.41, 5.74) is -0.689. The molecule has 40 heavy (non-hydrogen) atoms. The highest BCUT2D eigenvalue weighted by Gasteiger charge is 2.36. The molecule has 0 fully saturated rings. The molecule has 5 rings (SSSR count). The van der Waals surface area contributed by atoms with Gasteiger partial charge in [0.05, 0.1) is 11.1 Å². The zero-order valence-electron chi connectivity index (χ0n) is 20.6. The molecule has 0 N–H and O–H groups in total. The normalized spacial score (nSPS) is 11.8. The lowest BCUT2D eigenvalue weighted by atomic mass is 9.96. The second-order valence-corrected chi connectivity index (χ2v) is 8.83. The topological polar surface area (TPSA) is 18.5 Å². The second-order valence-electron chi connectivity index (χ2n) is 8.83. The highest BCUT2D eigenvalue weighted by atomic mass is 19.4. The number of hydrogen-bond donors (Lipinski definition) is 0. The van der Waals surface area contributed by atoms with Crippen LogP contribution in [0.15, 0.2) is 121 Å². The quantitative estimate of drug-likeness (QED) is 0.196. The van der Waals surface area contributed by atoms with Crippen molar-refractivity contribution < 1.29 is 35.8 Å². The SMILES string of the molecule is FC(F)(F)c1cc(-c2cccc(-c3ccc(Oc4ccccc4)c(C(F)(F)F)c3)c2)ccc1Oc1ccccc1. The molecule has 0 aliphatic rings. The Bertz CT molecular complexity index is 1490. The number of halogens is 6. The highest BCUT2D eigenvalue weighted by molar-refractivity contribution is 5.75. The summed E-state index contributed by atoms with van der Waals surface area (Å²) in [4.78, 5) is 0. The Morgan fingerprint density at radius 1 is 0.375 bits per heavy atom. The van der Waals surface area contributed by atoms with Gasteiger partial charge in [0, 0.05) is 0 Å². The fourth-order valence-electron chi connectivity index (χ4n) is 4.15. The summed E-state index contributed by atoms with van der Waals surface area (Å²) in [7, 11) is 0. The summed E-state index contributed by atoms with van der Waals surface area (Å²) < 4.78 is 94.6. The van der Waals surface area contributed by atoms with E-state index >= 15 is 0 Å². The first-order valence-corrected chi connectivity index (χ1v) is 12.1. The van der Waals surface area contributed by atoms with Gasteiger partial charge in [0.25, 0.3) is 0 Å². The van der Waals surface area contributed by atoms with E-state index in [2.05, 4.69) is 0 Å². The molecule has 0 aliphatic carbocycles. The molecule has 0 saturated heterocycles. The minimum atomic E-state index is -4.70. The van der Waals surface area contributed by atoms with E-state index < -0.39 is 23.5 Å². The van der Waals surface area contributed by atoms with Gasteiger partial charge in [0.15, 0.2) is 0 Å². The summed E-state index contributed by atoms with van der Waals surface area (Å²) >= 11 is 0. The average Bonchev–Trinajstić information content (AvgIpc) is 2.93. The van der Waals surface area contributed by atoms with E-state index in [-0.39, 0.29) is 34.1 Å². The van der Waals surface area contributed by atoms with Crippen LogP contribution in [0.1, 0.15) is 11.1 Å². The zero-order valence-corrected chi connectivity index (χ0v) is 20.6. The fourth-order valence-corrected chi connectivity index (χ4v) is 4.15. The van der Waals surface area contributed by atoms with Crippen LogP contribution in [0.5, 0.6) is 23.0 Å². The Kier molecular flexibility index (Phi) is 7.26. The maximum Gasteiger partial charge on any atom is 0.420 e. The van der Waals surface area contributed by atoms with Gasteiger partial charge in [0.1, 0.15) is 23.0 Å². The molecule has 0 radical (unpaired) electrons. The monoisotopic (exact) mass is 550 g/mol. The molecule has 5 aromatic rings. The van der Waals surface area contributed by atoms with E-state index in [9.17, 15) is 26.3 Å². The largest absolute Gasteiger partial charge is 0.457 e. The molecular weight excluding hydrogens is 530 g/mol. The van der Waals surface area contributed by atoms with Crippen molar-refractivity contribution in [2.75, 3.05) is 0 Å². The molecule has 0 saturated carbocycles. The maximum absolute atomic E-state index is 13.9. The first-order valence-electron chi connectivity index (χ1n) is 12.1. The van der Waals surface area contributed by atoms with Crippen molar-refractivity contribution >= 4 is 0 Å². The van der Waals surface area contributed by atoms with Crippen LogP contribution in [0.2, 0.25) is 0 Å². The maximum atomic E-state index is 13.9. The smallest absolute Gasteiger partial charge is 0.420 e. The Morgan fingerprint density at radius 3 is 1.12 bits per heavy atom. The van der Waals surface area contributed by atoms with Crippen LogP contribution in [0, 0.1) is 0 Å². The van der Waals surface area contributed by atoms with Gasteiger partial charge in [-0.25, -0.2) is 0 Å². The van der Waals surface area contributed by atoms with E-state index in [1.54, 1.807) is 84.9 Å². The Balaban J connectivity index is 1.50. The third kappa shape index (κ3) is 6.12. The molecule has 0 heterocycles. The lowest BCUT2D eigenvalue weighted by Gasteiger charge is -2.17. The molecule has 0 unspecified atom stereocenters. The molecule has 0 aliphatic heterocycles. The molecule has 2 nitrogen and oxygen atoms in total. The van der Waals surface area contributed by atoms with E-state index in [1.165, 1.54) is 24.3 Å². The van der Waals surface area contributed by atoms with Crippen molar-refractivity contribution in [3.63, 3.8) is 0 Å². The van der Waals surface area contributed by atoms with Gasteiger partial charge in [-0.2, -0.15) is 26.3 Å². The fraction of sp³-hybridized carbons (Fsp3) is 0.0625. The average molecular weight is 550 g/mol. The van der Waals surface area contributed by atoms with Gasteiger partial charge in [-0.15, -0.1) is 0 Å². The van der Waals surface area contributed by atoms with E-state index in [0.29, 0.717) is 11.1 Å². The summed E-state index contributed by atoms with van der Waals surface area (Å²) in [5.74, 6) is -0.212. The number of para-hydroxylation sites is 2. The predicted molar refractivity (Wildman–Crippen MR) is 140 cm³/mol. The van der Waals surface area contributed by atoms with Crippen LogP contribution in [0.4, 0.5) is 26.3 Å². The van der Waals surface area contributed by atoms with Gasteiger partial charge >= 0.3 is 12.4 Å². The molecule has 0 amide bonds. The number of rotatable bonds is 6. The number of benzene rings is 5. The number of hydrogen-bond acceptors (Lipinski definition) is 2. The Labute approximate surface area is 226 Å². The number of alkyl halides is 6. The van der Waals surface area contributed by atoms with Crippen LogP contribution in [0.3, 0.4) is 0 Å². The van der Waals surface area contributed by atoms with Crippen molar-refractivity contribution in [2.24, 2.45) is 0 Å². The second kappa shape index (κ2) is 10.8. The van der Waals surface area contributed by atoms with Gasteiger partial charge in [-0.3, -0.25) is 0 Å². The van der Waals surface area contributed by atoms with E-state index in [4.69, 9.17) is 9.47 Å². The van der Waals surface area contributed by atoms with Crippen LogP contribution in [-0.2, 0) is 12.4 Å². The Morgan fingerprint density at radius 2 is 0.750 bits per heavy atom. The first-order chi connectivity index (χ1) is 19.1. The summed E-state index contributed by atoms with van der Waals surface area (Å²) in [6.07, 6.45) is -9.40. The van der Waals surface area contributed by atoms with Gasteiger partial charge in [0.2, 0.25) is 0 Å². The molecule has 202 valence electrons. The van der Waals surface area contributed by atoms with Gasteiger partial charge in [-0.1, -0.05) is 66.7 Å². The standard InChI is InChI=1S/C32H20F6O2/c33-31(34,35)27-19-23(14-16-29(27)39-25-10-3-1-4-11-25)21-8-7-9-22(18-21)24-15-17-30(28(20-24)32(36,37)38)40-26-12-5-2-6-13-26/h1-20H. The van der Waals surface area contributed by atoms with Gasteiger partial charge < -0.3 is 9.47 Å². The van der Waals surface area contributed by atoms with Crippen molar-refractivity contribution in [2.45, 2.75) is 12.4 Å². The van der Waals surface area contributed by atoms with Crippen LogP contribution >= 0.6 is 0 Å². The summed E-state index contributed by atoms with van der Waals surface area (Å²) in [6.45, 7) is 0. The third-order valence-electron chi connectivity index (χ3n) is 6.04. The molecule has 0 bridgehead atoms. The van der Waals surface area contributed by atoms with E-state index in [1.807, 2.05) is 0 Å². The van der Waals surface area contributed by atoms with Gasteiger partial charge in [-0.05, 0) is 76.9 Å². The summed E-state index contributed by atoms with van der Waals surface area (Å²) in [5, 5.41) is 0. The molecule has 5 aromatic carbocycles. The van der Waals surface area contributed by atoms with Crippen molar-refractivity contribution in [1.82, 2.24) is 0 Å². The number of ether oxygens (including phenoxy) is 2. The minimum absolute atomic E-state index is 0.231. The lowest BCUT2D eigenvalue weighted by molar-refractivity contribution is -0.139. The molecular formula is C32H20F6O2. The molecule has 0 spiro atoms. The van der Waals surface area contributed by atoms with Crippen molar-refractivity contribution in [3.05, 3.63) is 132 Å². The van der Waals surface area contributed by atoms with Crippen LogP contribution in [-0.4, -0.2) is 0 Å². The molecule has 8 heteroatoms. The van der Waals surface area contributed by atoms with Crippen molar-refractivity contribution in [1.29, 1.82) is 0 Å². The first kappa shape index (κ1) is 26.9. The third-order valence-corrected chi connectivity index (χ3v) is 6.04. The Hall–Kier alpha value is -4.72. The predicted octanol–water partition coefficient (Wildman–Crippen LogP) is 10.6. The highest BCUT2D eigenvalue weighted by Crippen LogP contribution is 2.43. The van der Waals surface area contributed by atoms with Crippen molar-refractivity contribution in [3.8, 4) is 45.3 Å². The lowest BCUT2D eigenvalue weighted by Crippen LogP contribution is -2.07. The zero-order chi connectivity index (χ0) is 28.3.